The summed E-state index contributed by atoms with van der Waals surface area (Å²) in [6, 6.07) is 15.6. The van der Waals surface area contributed by atoms with Crippen molar-refractivity contribution in [3.8, 4) is 0 Å². The fourth-order valence-electron chi connectivity index (χ4n) is 3.15. The summed E-state index contributed by atoms with van der Waals surface area (Å²) in [6.45, 7) is 10.3. The van der Waals surface area contributed by atoms with Gasteiger partial charge >= 0.3 is 0 Å². The third-order valence-corrected chi connectivity index (χ3v) is 6.07. The van der Waals surface area contributed by atoms with Crippen LogP contribution in [-0.2, 0) is 9.59 Å². The Morgan fingerprint density at radius 1 is 1.23 bits per heavy atom. The molecule has 6 heteroatoms. The minimum absolute atomic E-state index is 0.0931. The van der Waals surface area contributed by atoms with Gasteiger partial charge in [-0.2, -0.15) is 0 Å². The van der Waals surface area contributed by atoms with Crippen molar-refractivity contribution in [3.63, 3.8) is 0 Å². The van der Waals surface area contributed by atoms with E-state index in [1.165, 1.54) is 17.3 Å². The van der Waals surface area contributed by atoms with E-state index < -0.39 is 5.25 Å². The fraction of sp³-hybridized carbons (Fsp3) is 0.292. The molecular weight excluding hydrogens is 394 g/mol. The van der Waals surface area contributed by atoms with E-state index in [0.717, 1.165) is 16.9 Å². The maximum Gasteiger partial charge on any atom is 0.242 e. The zero-order valence-corrected chi connectivity index (χ0v) is 18.4. The highest BCUT2D eigenvalue weighted by Gasteiger charge is 2.38. The number of carbonyl (C=O) groups is 2. The Hall–Kier alpha value is -2.86. The number of rotatable bonds is 7. The van der Waals surface area contributed by atoms with Crippen molar-refractivity contribution in [2.75, 3.05) is 11.9 Å². The highest BCUT2D eigenvalue weighted by atomic mass is 32.2. The molecule has 1 saturated heterocycles. The van der Waals surface area contributed by atoms with Gasteiger partial charge in [-0.1, -0.05) is 62.0 Å². The summed E-state index contributed by atoms with van der Waals surface area (Å²) < 4.78 is 0. The molecule has 156 valence electrons. The zero-order valence-electron chi connectivity index (χ0n) is 17.6. The van der Waals surface area contributed by atoms with Crippen LogP contribution in [0.15, 0.2) is 66.2 Å². The van der Waals surface area contributed by atoms with E-state index in [4.69, 9.17) is 0 Å². The number of nitrogens with zero attached hydrogens (tertiary/aromatic N) is 2. The first kappa shape index (κ1) is 21.8. The second-order valence-electron chi connectivity index (χ2n) is 7.55. The van der Waals surface area contributed by atoms with Gasteiger partial charge in [0.25, 0.3) is 0 Å². The van der Waals surface area contributed by atoms with E-state index in [9.17, 15) is 9.59 Å². The van der Waals surface area contributed by atoms with Gasteiger partial charge in [-0.15, -0.1) is 6.58 Å². The molecule has 1 heterocycles. The van der Waals surface area contributed by atoms with Gasteiger partial charge in [-0.05, 0) is 42.2 Å². The van der Waals surface area contributed by atoms with Gasteiger partial charge < -0.3 is 5.32 Å². The monoisotopic (exact) mass is 421 g/mol. The predicted octanol–water partition coefficient (Wildman–Crippen LogP) is 5.26. The number of hydrogen-bond acceptors (Lipinski definition) is 4. The minimum atomic E-state index is -0.498. The van der Waals surface area contributed by atoms with Crippen molar-refractivity contribution in [2.45, 2.75) is 38.4 Å². The maximum atomic E-state index is 12.9. The van der Waals surface area contributed by atoms with Gasteiger partial charge in [0.1, 0.15) is 5.25 Å². The van der Waals surface area contributed by atoms with E-state index in [1.54, 1.807) is 11.0 Å². The molecule has 2 aromatic rings. The van der Waals surface area contributed by atoms with Crippen LogP contribution in [0.2, 0.25) is 0 Å². The molecule has 1 aliphatic rings. The topological polar surface area (TPSA) is 61.8 Å². The van der Waals surface area contributed by atoms with E-state index in [-0.39, 0.29) is 18.2 Å². The summed E-state index contributed by atoms with van der Waals surface area (Å²) in [6.07, 6.45) is 1.76. The van der Waals surface area contributed by atoms with Gasteiger partial charge in [0.05, 0.1) is 5.69 Å². The third-order valence-electron chi connectivity index (χ3n) is 4.90. The molecular formula is C24H27N3O2S. The summed E-state index contributed by atoms with van der Waals surface area (Å²) in [4.78, 5) is 31.7. The number of para-hydroxylation sites is 1. The van der Waals surface area contributed by atoms with Crippen LogP contribution in [0, 0.1) is 6.92 Å². The molecule has 30 heavy (non-hydrogen) atoms. The van der Waals surface area contributed by atoms with Crippen LogP contribution in [0.4, 0.5) is 11.4 Å². The number of carbonyl (C=O) groups excluding carboxylic acids is 2. The molecule has 1 N–H and O–H groups in total. The average molecular weight is 422 g/mol. The number of aryl methyl sites for hydroxylation is 1. The molecule has 1 aliphatic heterocycles. The Kier molecular flexibility index (Phi) is 7.11. The van der Waals surface area contributed by atoms with Crippen LogP contribution in [0.25, 0.3) is 0 Å². The molecule has 5 nitrogen and oxygen atoms in total. The molecule has 0 radical (unpaired) electrons. The summed E-state index contributed by atoms with van der Waals surface area (Å²) in [5.41, 5.74) is 3.79. The first-order valence-corrected chi connectivity index (χ1v) is 10.9. The summed E-state index contributed by atoms with van der Waals surface area (Å²) in [5, 5.41) is 3.00. The van der Waals surface area contributed by atoms with E-state index in [0.29, 0.717) is 17.6 Å². The molecule has 0 aromatic heterocycles. The Labute approximate surface area is 182 Å². The van der Waals surface area contributed by atoms with Crippen molar-refractivity contribution in [2.24, 2.45) is 4.99 Å². The molecule has 2 aromatic carbocycles. The highest BCUT2D eigenvalue weighted by Crippen LogP contribution is 2.32. The Bertz CT molecular complexity index is 967. The Morgan fingerprint density at radius 3 is 2.57 bits per heavy atom. The molecule has 0 aliphatic carbocycles. The lowest BCUT2D eigenvalue weighted by Gasteiger charge is -2.14. The Balaban J connectivity index is 1.71. The molecule has 0 saturated carbocycles. The van der Waals surface area contributed by atoms with Crippen molar-refractivity contribution in [3.05, 3.63) is 72.3 Å². The number of amides is 2. The SMILES string of the molecule is C=CCN1C(=O)[C@@H](CC(=O)Nc2ccc(C(C)C)cc2)SC1=Nc1ccccc1C. The lowest BCUT2D eigenvalue weighted by Crippen LogP contribution is -2.33. The third kappa shape index (κ3) is 5.19. The van der Waals surface area contributed by atoms with E-state index >= 15 is 0 Å². The number of nitrogens with one attached hydrogen (secondary N) is 1. The van der Waals surface area contributed by atoms with Crippen LogP contribution < -0.4 is 5.32 Å². The maximum absolute atomic E-state index is 12.9. The van der Waals surface area contributed by atoms with E-state index in [1.807, 2.05) is 55.5 Å². The summed E-state index contributed by atoms with van der Waals surface area (Å²) >= 11 is 1.33. The van der Waals surface area contributed by atoms with Crippen LogP contribution in [0.3, 0.4) is 0 Å². The second kappa shape index (κ2) is 9.76. The van der Waals surface area contributed by atoms with Gasteiger partial charge in [-0.25, -0.2) is 4.99 Å². The van der Waals surface area contributed by atoms with Gasteiger partial charge in [0.2, 0.25) is 11.8 Å². The average Bonchev–Trinajstić information content (AvgIpc) is 2.99. The van der Waals surface area contributed by atoms with Gasteiger partial charge in [0.15, 0.2) is 5.17 Å². The largest absolute Gasteiger partial charge is 0.326 e. The molecule has 3 rings (SSSR count). The standard InChI is InChI=1S/C24H27N3O2S/c1-5-14-27-23(29)21(30-24(27)26-20-9-7-6-8-17(20)4)15-22(28)25-19-12-10-18(11-13-19)16(2)3/h5-13,16,21H,1,14-15H2,2-4H3,(H,25,28)/t21-/m1/s1. The lowest BCUT2D eigenvalue weighted by molar-refractivity contribution is -0.127. The molecule has 0 spiro atoms. The van der Waals surface area contributed by atoms with Crippen molar-refractivity contribution in [1.82, 2.24) is 4.90 Å². The molecule has 2 amide bonds. The van der Waals surface area contributed by atoms with Crippen LogP contribution in [0.5, 0.6) is 0 Å². The fourth-order valence-corrected chi connectivity index (χ4v) is 4.31. The zero-order chi connectivity index (χ0) is 21.7. The molecule has 1 fully saturated rings. The number of aliphatic imine (C=N–C) groups is 1. The summed E-state index contributed by atoms with van der Waals surface area (Å²) in [7, 11) is 0. The molecule has 1 atom stereocenters. The summed E-state index contributed by atoms with van der Waals surface area (Å²) in [5.74, 6) is 0.135. The molecule has 0 unspecified atom stereocenters. The van der Waals surface area contributed by atoms with E-state index in [2.05, 4.69) is 30.7 Å². The predicted molar refractivity (Wildman–Crippen MR) is 125 cm³/mol. The van der Waals surface area contributed by atoms with Crippen molar-refractivity contribution in [1.29, 1.82) is 0 Å². The second-order valence-corrected chi connectivity index (χ2v) is 8.72. The van der Waals surface area contributed by atoms with Crippen molar-refractivity contribution >= 4 is 40.1 Å². The van der Waals surface area contributed by atoms with Crippen LogP contribution in [0.1, 0.15) is 37.3 Å². The number of thioether (sulfide) groups is 1. The lowest BCUT2D eigenvalue weighted by atomic mass is 10.0. The molecule has 0 bridgehead atoms. The number of anilines is 1. The minimum Gasteiger partial charge on any atom is -0.326 e. The first-order chi connectivity index (χ1) is 14.4. The number of hydrogen-bond donors (Lipinski definition) is 1. The van der Waals surface area contributed by atoms with Gasteiger partial charge in [-0.3, -0.25) is 14.5 Å². The van der Waals surface area contributed by atoms with Crippen LogP contribution in [-0.4, -0.2) is 33.7 Å². The first-order valence-electron chi connectivity index (χ1n) is 10.0. The van der Waals surface area contributed by atoms with Crippen LogP contribution >= 0.6 is 11.8 Å². The number of benzene rings is 2. The Morgan fingerprint density at radius 2 is 1.93 bits per heavy atom. The van der Waals surface area contributed by atoms with Gasteiger partial charge in [0, 0.05) is 18.7 Å². The number of amidine groups is 1. The normalized spacial score (nSPS) is 17.6. The smallest absolute Gasteiger partial charge is 0.242 e. The highest BCUT2D eigenvalue weighted by molar-refractivity contribution is 8.15. The quantitative estimate of drug-likeness (QED) is 0.620. The van der Waals surface area contributed by atoms with Crippen molar-refractivity contribution < 1.29 is 9.59 Å².